The number of carbonyl (C=O) groups is 3. The SMILES string of the molecule is CC(=O)c1ccc(N2CCN(C3CC(=O)N(c4ccccc4Cl)C3=O)CC2)cc1. The Balaban J connectivity index is 1.42. The molecule has 0 spiro atoms. The largest absolute Gasteiger partial charge is 0.369 e. The van der Waals surface area contributed by atoms with Crippen LogP contribution < -0.4 is 9.80 Å². The number of benzene rings is 2. The van der Waals surface area contributed by atoms with Crippen LogP contribution in [-0.4, -0.2) is 54.7 Å². The van der Waals surface area contributed by atoms with Gasteiger partial charge in [-0.15, -0.1) is 0 Å². The number of Topliss-reactive ketones (excluding diaryl/α,β-unsaturated/α-hetero) is 1. The zero-order valence-electron chi connectivity index (χ0n) is 16.2. The second-order valence-electron chi connectivity index (χ2n) is 7.36. The third-order valence-electron chi connectivity index (χ3n) is 5.61. The molecule has 4 rings (SSSR count). The van der Waals surface area contributed by atoms with E-state index < -0.39 is 6.04 Å². The summed E-state index contributed by atoms with van der Waals surface area (Å²) in [6.45, 7) is 4.44. The average molecular weight is 412 g/mol. The van der Waals surface area contributed by atoms with E-state index in [0.29, 0.717) is 29.4 Å². The van der Waals surface area contributed by atoms with E-state index in [2.05, 4.69) is 9.80 Å². The summed E-state index contributed by atoms with van der Waals surface area (Å²) >= 11 is 6.20. The first-order chi connectivity index (χ1) is 14.0. The first kappa shape index (κ1) is 19.6. The predicted octanol–water partition coefficient (Wildman–Crippen LogP) is 3.00. The van der Waals surface area contributed by atoms with Gasteiger partial charge in [0.1, 0.15) is 0 Å². The third-order valence-corrected chi connectivity index (χ3v) is 5.93. The van der Waals surface area contributed by atoms with Crippen LogP contribution in [0, 0.1) is 0 Å². The van der Waals surface area contributed by atoms with Crippen molar-refractivity contribution in [2.45, 2.75) is 19.4 Å². The number of hydrogen-bond acceptors (Lipinski definition) is 5. The number of rotatable bonds is 4. The van der Waals surface area contributed by atoms with Crippen LogP contribution in [0.15, 0.2) is 48.5 Å². The van der Waals surface area contributed by atoms with Gasteiger partial charge in [-0.25, -0.2) is 4.90 Å². The summed E-state index contributed by atoms with van der Waals surface area (Å²) in [6, 6.07) is 14.1. The molecule has 0 bridgehead atoms. The average Bonchev–Trinajstić information content (AvgIpc) is 3.03. The number of nitrogens with zero attached hydrogens (tertiary/aromatic N) is 3. The van der Waals surface area contributed by atoms with Gasteiger partial charge in [-0.3, -0.25) is 19.3 Å². The van der Waals surface area contributed by atoms with E-state index in [1.165, 1.54) is 4.90 Å². The van der Waals surface area contributed by atoms with E-state index in [4.69, 9.17) is 11.6 Å². The molecule has 150 valence electrons. The number of anilines is 2. The van der Waals surface area contributed by atoms with Crippen LogP contribution in [0.4, 0.5) is 11.4 Å². The Bertz CT molecular complexity index is 952. The van der Waals surface area contributed by atoms with Crippen LogP contribution >= 0.6 is 11.6 Å². The smallest absolute Gasteiger partial charge is 0.251 e. The molecular formula is C22H22ClN3O3. The molecular weight excluding hydrogens is 390 g/mol. The van der Waals surface area contributed by atoms with E-state index in [-0.39, 0.29) is 24.0 Å². The fraction of sp³-hybridized carbons (Fsp3) is 0.318. The number of carbonyl (C=O) groups excluding carboxylic acids is 3. The number of amides is 2. The summed E-state index contributed by atoms with van der Waals surface area (Å²) in [5, 5.41) is 0.397. The van der Waals surface area contributed by atoms with Gasteiger partial charge in [-0.2, -0.15) is 0 Å². The molecule has 2 fully saturated rings. The van der Waals surface area contributed by atoms with Crippen LogP contribution in [0.2, 0.25) is 5.02 Å². The minimum Gasteiger partial charge on any atom is -0.369 e. The Morgan fingerprint density at radius 2 is 1.62 bits per heavy atom. The number of hydrogen-bond donors (Lipinski definition) is 0. The van der Waals surface area contributed by atoms with Gasteiger partial charge in [0, 0.05) is 37.4 Å². The van der Waals surface area contributed by atoms with E-state index in [0.717, 1.165) is 18.8 Å². The Hall–Kier alpha value is -2.70. The minimum absolute atomic E-state index is 0.0499. The Labute approximate surface area is 174 Å². The standard InChI is InChI=1S/C22H22ClN3O3/c1-15(27)16-6-8-17(9-7-16)24-10-12-25(13-11-24)20-14-21(28)26(22(20)29)19-5-3-2-4-18(19)23/h2-9,20H,10-14H2,1H3. The fourth-order valence-corrected chi connectivity index (χ4v) is 4.21. The van der Waals surface area contributed by atoms with Crippen molar-refractivity contribution in [3.05, 3.63) is 59.1 Å². The molecule has 2 saturated heterocycles. The molecule has 0 aliphatic carbocycles. The maximum Gasteiger partial charge on any atom is 0.251 e. The lowest BCUT2D eigenvalue weighted by atomic mass is 10.1. The molecule has 7 heteroatoms. The highest BCUT2D eigenvalue weighted by atomic mass is 35.5. The zero-order valence-corrected chi connectivity index (χ0v) is 16.9. The highest BCUT2D eigenvalue weighted by Gasteiger charge is 2.43. The highest BCUT2D eigenvalue weighted by molar-refractivity contribution is 6.36. The van der Waals surface area contributed by atoms with Gasteiger partial charge >= 0.3 is 0 Å². The second-order valence-corrected chi connectivity index (χ2v) is 7.77. The molecule has 29 heavy (non-hydrogen) atoms. The summed E-state index contributed by atoms with van der Waals surface area (Å²) in [6.07, 6.45) is 0.178. The molecule has 0 saturated carbocycles. The van der Waals surface area contributed by atoms with Crippen molar-refractivity contribution in [3.8, 4) is 0 Å². The van der Waals surface area contributed by atoms with Gasteiger partial charge in [-0.1, -0.05) is 23.7 Å². The van der Waals surface area contributed by atoms with Crippen molar-refractivity contribution in [2.24, 2.45) is 0 Å². The molecule has 2 heterocycles. The summed E-state index contributed by atoms with van der Waals surface area (Å²) in [7, 11) is 0. The molecule has 2 amide bonds. The van der Waals surface area contributed by atoms with E-state index in [1.54, 1.807) is 31.2 Å². The normalized spacial score (nSPS) is 20.4. The molecule has 2 aromatic carbocycles. The topological polar surface area (TPSA) is 60.9 Å². The lowest BCUT2D eigenvalue weighted by Crippen LogP contribution is -2.52. The number of imide groups is 1. The van der Waals surface area contributed by atoms with Crippen LogP contribution in [0.3, 0.4) is 0 Å². The molecule has 0 aromatic heterocycles. The van der Waals surface area contributed by atoms with Crippen molar-refractivity contribution in [1.82, 2.24) is 4.90 Å². The second kappa shape index (κ2) is 7.97. The Morgan fingerprint density at radius 3 is 2.24 bits per heavy atom. The van der Waals surface area contributed by atoms with Gasteiger partial charge in [0.25, 0.3) is 5.91 Å². The molecule has 2 aromatic rings. The summed E-state index contributed by atoms with van der Waals surface area (Å²) < 4.78 is 0. The van der Waals surface area contributed by atoms with Crippen LogP contribution in [0.1, 0.15) is 23.7 Å². The molecule has 0 radical (unpaired) electrons. The molecule has 2 aliphatic rings. The van der Waals surface area contributed by atoms with Gasteiger partial charge < -0.3 is 4.90 Å². The number of piperazine rings is 1. The Morgan fingerprint density at radius 1 is 0.966 bits per heavy atom. The molecule has 6 nitrogen and oxygen atoms in total. The molecule has 0 N–H and O–H groups in total. The van der Waals surface area contributed by atoms with Crippen molar-refractivity contribution >= 4 is 40.6 Å². The molecule has 1 unspecified atom stereocenters. The quantitative estimate of drug-likeness (QED) is 0.571. The summed E-state index contributed by atoms with van der Waals surface area (Å²) in [4.78, 5) is 42.5. The highest BCUT2D eigenvalue weighted by Crippen LogP contribution is 2.31. The summed E-state index contributed by atoms with van der Waals surface area (Å²) in [5.41, 5.74) is 2.21. The number of halogens is 1. The first-order valence-corrected chi connectivity index (χ1v) is 10.0. The lowest BCUT2D eigenvalue weighted by Gasteiger charge is -2.38. The fourth-order valence-electron chi connectivity index (χ4n) is 3.99. The van der Waals surface area contributed by atoms with E-state index in [1.807, 2.05) is 24.3 Å². The van der Waals surface area contributed by atoms with E-state index >= 15 is 0 Å². The summed E-state index contributed by atoms with van der Waals surface area (Å²) in [5.74, 6) is -0.369. The maximum absolute atomic E-state index is 13.0. The van der Waals surface area contributed by atoms with Crippen molar-refractivity contribution in [3.63, 3.8) is 0 Å². The first-order valence-electron chi connectivity index (χ1n) is 9.67. The third kappa shape index (κ3) is 3.78. The van der Waals surface area contributed by atoms with Crippen molar-refractivity contribution in [1.29, 1.82) is 0 Å². The maximum atomic E-state index is 13.0. The van der Waals surface area contributed by atoms with Crippen LogP contribution in [0.5, 0.6) is 0 Å². The van der Waals surface area contributed by atoms with Gasteiger partial charge in [0.05, 0.1) is 23.2 Å². The zero-order chi connectivity index (χ0) is 20.5. The van der Waals surface area contributed by atoms with Crippen molar-refractivity contribution in [2.75, 3.05) is 36.0 Å². The number of ketones is 1. The lowest BCUT2D eigenvalue weighted by molar-refractivity contribution is -0.123. The number of para-hydroxylation sites is 1. The van der Waals surface area contributed by atoms with Crippen LogP contribution in [-0.2, 0) is 9.59 Å². The van der Waals surface area contributed by atoms with Crippen molar-refractivity contribution < 1.29 is 14.4 Å². The van der Waals surface area contributed by atoms with Gasteiger partial charge in [-0.05, 0) is 43.3 Å². The molecule has 2 aliphatic heterocycles. The van der Waals surface area contributed by atoms with E-state index in [9.17, 15) is 14.4 Å². The minimum atomic E-state index is -0.444. The van der Waals surface area contributed by atoms with Gasteiger partial charge in [0.15, 0.2) is 5.78 Å². The van der Waals surface area contributed by atoms with Gasteiger partial charge in [0.2, 0.25) is 5.91 Å². The monoisotopic (exact) mass is 411 g/mol. The predicted molar refractivity (Wildman–Crippen MR) is 113 cm³/mol. The Kier molecular flexibility index (Phi) is 5.39. The van der Waals surface area contributed by atoms with Crippen LogP contribution in [0.25, 0.3) is 0 Å². The molecule has 1 atom stereocenters.